The summed E-state index contributed by atoms with van der Waals surface area (Å²) in [6.45, 7) is 0. The van der Waals surface area contributed by atoms with Crippen molar-refractivity contribution in [3.63, 3.8) is 0 Å². The van der Waals surface area contributed by atoms with Crippen LogP contribution in [-0.4, -0.2) is 4.98 Å². The van der Waals surface area contributed by atoms with Crippen molar-refractivity contribution in [2.45, 2.75) is 0 Å². The van der Waals surface area contributed by atoms with Gasteiger partial charge in [-0.1, -0.05) is 17.7 Å². The number of aromatic amines is 1. The smallest absolute Gasteiger partial charge is 0.256 e. The third-order valence-electron chi connectivity index (χ3n) is 2.81. The van der Waals surface area contributed by atoms with Crippen molar-refractivity contribution in [1.29, 1.82) is 0 Å². The van der Waals surface area contributed by atoms with Gasteiger partial charge in [0.15, 0.2) is 0 Å². The number of nitrogens with two attached hydrogens (primary N) is 1. The standard InChI is InChI=1S/C13H9ClN2O/c14-7-1-3-10-11(5-7)9-4-2-8(15)6-12(9)16-13(10)17/h1-6H,15H2,(H,16,17). The molecule has 0 amide bonds. The molecule has 0 saturated heterocycles. The molecule has 0 aliphatic carbocycles. The quantitative estimate of drug-likeness (QED) is 0.472. The van der Waals surface area contributed by atoms with Crippen molar-refractivity contribution in [2.24, 2.45) is 0 Å². The summed E-state index contributed by atoms with van der Waals surface area (Å²) in [6, 6.07) is 10.7. The van der Waals surface area contributed by atoms with Crippen LogP contribution in [-0.2, 0) is 0 Å². The van der Waals surface area contributed by atoms with Crippen LogP contribution in [0.3, 0.4) is 0 Å². The van der Waals surface area contributed by atoms with Gasteiger partial charge < -0.3 is 10.7 Å². The first-order valence-electron chi connectivity index (χ1n) is 5.16. The number of hydrogen-bond donors (Lipinski definition) is 2. The van der Waals surface area contributed by atoms with Crippen molar-refractivity contribution in [3.8, 4) is 0 Å². The molecule has 0 aliphatic heterocycles. The monoisotopic (exact) mass is 244 g/mol. The second-order valence-electron chi connectivity index (χ2n) is 3.95. The van der Waals surface area contributed by atoms with E-state index in [1.165, 1.54) is 0 Å². The van der Waals surface area contributed by atoms with Crippen molar-refractivity contribution in [1.82, 2.24) is 4.98 Å². The topological polar surface area (TPSA) is 58.9 Å². The maximum absolute atomic E-state index is 11.9. The van der Waals surface area contributed by atoms with Crippen LogP contribution in [0.2, 0.25) is 5.02 Å². The largest absolute Gasteiger partial charge is 0.399 e. The van der Waals surface area contributed by atoms with Crippen molar-refractivity contribution >= 4 is 39.0 Å². The summed E-state index contributed by atoms with van der Waals surface area (Å²) < 4.78 is 0. The van der Waals surface area contributed by atoms with Gasteiger partial charge in [0, 0.05) is 21.5 Å². The van der Waals surface area contributed by atoms with Gasteiger partial charge in [-0.15, -0.1) is 0 Å². The minimum atomic E-state index is -0.130. The summed E-state index contributed by atoms with van der Waals surface area (Å²) >= 11 is 5.97. The minimum absolute atomic E-state index is 0.130. The van der Waals surface area contributed by atoms with Gasteiger partial charge in [0.05, 0.1) is 5.52 Å². The number of halogens is 1. The van der Waals surface area contributed by atoms with Crippen LogP contribution in [0.15, 0.2) is 41.2 Å². The summed E-state index contributed by atoms with van der Waals surface area (Å²) in [7, 11) is 0. The van der Waals surface area contributed by atoms with Crippen LogP contribution < -0.4 is 11.3 Å². The zero-order valence-electron chi connectivity index (χ0n) is 8.83. The van der Waals surface area contributed by atoms with Gasteiger partial charge in [0.25, 0.3) is 5.56 Å². The van der Waals surface area contributed by atoms with Gasteiger partial charge >= 0.3 is 0 Å². The van der Waals surface area contributed by atoms with Gasteiger partial charge in [-0.2, -0.15) is 0 Å². The number of fused-ring (bicyclic) bond motifs is 3. The number of nitrogen functional groups attached to an aromatic ring is 1. The second kappa shape index (κ2) is 3.50. The number of nitrogens with one attached hydrogen (secondary N) is 1. The van der Waals surface area contributed by atoms with Crippen LogP contribution in [0.25, 0.3) is 21.7 Å². The molecule has 17 heavy (non-hydrogen) atoms. The van der Waals surface area contributed by atoms with Gasteiger partial charge in [-0.25, -0.2) is 0 Å². The van der Waals surface area contributed by atoms with Crippen LogP contribution in [0, 0.1) is 0 Å². The van der Waals surface area contributed by atoms with Crippen LogP contribution >= 0.6 is 11.6 Å². The van der Waals surface area contributed by atoms with Crippen LogP contribution in [0.1, 0.15) is 0 Å². The van der Waals surface area contributed by atoms with Gasteiger partial charge in [0.2, 0.25) is 0 Å². The molecule has 3 rings (SSSR count). The summed E-state index contributed by atoms with van der Waals surface area (Å²) in [6.07, 6.45) is 0. The third-order valence-corrected chi connectivity index (χ3v) is 3.04. The second-order valence-corrected chi connectivity index (χ2v) is 4.39. The lowest BCUT2D eigenvalue weighted by Crippen LogP contribution is -2.06. The molecule has 0 unspecified atom stereocenters. The number of pyridine rings is 1. The summed E-state index contributed by atoms with van der Waals surface area (Å²) in [5, 5.41) is 3.03. The maximum Gasteiger partial charge on any atom is 0.256 e. The van der Waals surface area contributed by atoms with Crippen molar-refractivity contribution in [3.05, 3.63) is 51.8 Å². The first-order chi connectivity index (χ1) is 8.15. The van der Waals surface area contributed by atoms with E-state index in [0.29, 0.717) is 16.1 Å². The summed E-state index contributed by atoms with van der Waals surface area (Å²) in [4.78, 5) is 14.7. The molecule has 3 N–H and O–H groups in total. The van der Waals surface area contributed by atoms with E-state index in [1.807, 2.05) is 6.07 Å². The molecular formula is C13H9ClN2O. The molecular weight excluding hydrogens is 236 g/mol. The zero-order chi connectivity index (χ0) is 12.0. The molecule has 3 nitrogen and oxygen atoms in total. The highest BCUT2D eigenvalue weighted by Gasteiger charge is 2.05. The van der Waals surface area contributed by atoms with Crippen molar-refractivity contribution in [2.75, 3.05) is 5.73 Å². The molecule has 0 spiro atoms. The fourth-order valence-corrected chi connectivity index (χ4v) is 2.20. The molecule has 1 heterocycles. The Bertz CT molecular complexity index is 792. The molecule has 3 aromatic rings. The molecule has 0 aliphatic rings. The number of H-pyrrole nitrogens is 1. The Hall–Kier alpha value is -2.00. The van der Waals surface area contributed by atoms with Crippen molar-refractivity contribution < 1.29 is 0 Å². The van der Waals surface area contributed by atoms with E-state index < -0.39 is 0 Å². The van der Waals surface area contributed by atoms with Crippen LogP contribution in [0.4, 0.5) is 5.69 Å². The number of hydrogen-bond acceptors (Lipinski definition) is 2. The molecule has 84 valence electrons. The number of benzene rings is 2. The number of aromatic nitrogens is 1. The van der Waals surface area contributed by atoms with E-state index in [4.69, 9.17) is 17.3 Å². The predicted molar refractivity (Wildman–Crippen MR) is 71.5 cm³/mol. The normalized spacial score (nSPS) is 11.1. The van der Waals surface area contributed by atoms with E-state index >= 15 is 0 Å². The highest BCUT2D eigenvalue weighted by molar-refractivity contribution is 6.31. The Kier molecular flexibility index (Phi) is 2.09. The summed E-state index contributed by atoms with van der Waals surface area (Å²) in [5.74, 6) is 0. The molecule has 4 heteroatoms. The molecule has 0 radical (unpaired) electrons. The number of rotatable bonds is 0. The van der Waals surface area contributed by atoms with Gasteiger partial charge in [-0.05, 0) is 35.7 Å². The fourth-order valence-electron chi connectivity index (χ4n) is 2.03. The fraction of sp³-hybridized carbons (Fsp3) is 0. The van der Waals surface area contributed by atoms with E-state index in [9.17, 15) is 4.79 Å². The minimum Gasteiger partial charge on any atom is -0.399 e. The average Bonchev–Trinajstić information content (AvgIpc) is 2.28. The average molecular weight is 245 g/mol. The Labute approximate surface area is 102 Å². The molecule has 0 atom stereocenters. The predicted octanol–water partition coefficient (Wildman–Crippen LogP) is 2.92. The SMILES string of the molecule is Nc1ccc2c(c1)[nH]c(=O)c1ccc(Cl)cc12. The molecule has 1 aromatic heterocycles. The lowest BCUT2D eigenvalue weighted by molar-refractivity contribution is 1.34. The zero-order valence-corrected chi connectivity index (χ0v) is 9.58. The molecule has 2 aromatic carbocycles. The van der Waals surface area contributed by atoms with E-state index in [-0.39, 0.29) is 5.56 Å². The Balaban J connectivity index is 2.62. The summed E-state index contributed by atoms with van der Waals surface area (Å²) in [5.41, 5.74) is 6.92. The van der Waals surface area contributed by atoms with Gasteiger partial charge in [-0.3, -0.25) is 4.79 Å². The highest BCUT2D eigenvalue weighted by atomic mass is 35.5. The third kappa shape index (κ3) is 1.56. The highest BCUT2D eigenvalue weighted by Crippen LogP contribution is 2.25. The lowest BCUT2D eigenvalue weighted by Gasteiger charge is -2.04. The molecule has 0 bridgehead atoms. The molecule has 0 saturated carbocycles. The lowest BCUT2D eigenvalue weighted by atomic mass is 10.1. The van der Waals surface area contributed by atoms with Crippen LogP contribution in [0.5, 0.6) is 0 Å². The van der Waals surface area contributed by atoms with Gasteiger partial charge in [0.1, 0.15) is 0 Å². The molecule has 0 fully saturated rings. The first kappa shape index (κ1) is 10.2. The first-order valence-corrected chi connectivity index (χ1v) is 5.54. The Morgan fingerprint density at radius 1 is 1.00 bits per heavy atom. The Morgan fingerprint density at radius 3 is 2.59 bits per heavy atom. The van der Waals surface area contributed by atoms with E-state index in [2.05, 4.69) is 4.98 Å². The Morgan fingerprint density at radius 2 is 1.76 bits per heavy atom. The number of anilines is 1. The van der Waals surface area contributed by atoms with E-state index in [0.717, 1.165) is 16.3 Å². The maximum atomic E-state index is 11.9. The van der Waals surface area contributed by atoms with E-state index in [1.54, 1.807) is 30.3 Å².